The molecule has 0 aliphatic carbocycles. The van der Waals surface area contributed by atoms with Crippen molar-refractivity contribution in [3.63, 3.8) is 0 Å². The summed E-state index contributed by atoms with van der Waals surface area (Å²) in [5.74, 6) is 0. The monoisotopic (exact) mass is 250 g/mol. The largest absolute Gasteiger partial charge is 0.388 e. The van der Waals surface area contributed by atoms with Crippen molar-refractivity contribution in [2.75, 3.05) is 0 Å². The van der Waals surface area contributed by atoms with Crippen molar-refractivity contribution < 1.29 is 5.11 Å². The number of para-hydroxylation sites is 1. The van der Waals surface area contributed by atoms with E-state index in [1.165, 1.54) is 0 Å². The van der Waals surface area contributed by atoms with Crippen molar-refractivity contribution in [3.8, 4) is 0 Å². The van der Waals surface area contributed by atoms with Crippen molar-refractivity contribution >= 4 is 10.9 Å². The highest BCUT2D eigenvalue weighted by Crippen LogP contribution is 2.24. The second-order valence-corrected chi connectivity index (χ2v) is 4.46. The minimum absolute atomic E-state index is 0.497. The third kappa shape index (κ3) is 2.46. The third-order valence-corrected chi connectivity index (χ3v) is 3.15. The molecule has 2 aromatic heterocycles. The number of nitrogens with zero attached hydrogens (tertiary/aromatic N) is 2. The van der Waals surface area contributed by atoms with Gasteiger partial charge in [-0.05, 0) is 18.2 Å². The summed E-state index contributed by atoms with van der Waals surface area (Å²) in [5.41, 5.74) is 2.58. The number of benzene rings is 1. The summed E-state index contributed by atoms with van der Waals surface area (Å²) in [7, 11) is 0. The van der Waals surface area contributed by atoms with Gasteiger partial charge in [-0.2, -0.15) is 0 Å². The van der Waals surface area contributed by atoms with Crippen LogP contribution in [0.3, 0.4) is 0 Å². The van der Waals surface area contributed by atoms with Crippen molar-refractivity contribution in [1.82, 2.24) is 9.97 Å². The average molecular weight is 250 g/mol. The molecular weight excluding hydrogens is 236 g/mol. The van der Waals surface area contributed by atoms with Crippen molar-refractivity contribution in [1.29, 1.82) is 0 Å². The van der Waals surface area contributed by atoms with Gasteiger partial charge in [0.05, 0.1) is 11.6 Å². The zero-order chi connectivity index (χ0) is 13.1. The van der Waals surface area contributed by atoms with Crippen molar-refractivity contribution in [3.05, 3.63) is 72.2 Å². The summed E-state index contributed by atoms with van der Waals surface area (Å²) < 4.78 is 0. The van der Waals surface area contributed by atoms with E-state index in [2.05, 4.69) is 9.97 Å². The molecule has 94 valence electrons. The van der Waals surface area contributed by atoms with Crippen LogP contribution in [0.2, 0.25) is 0 Å². The fourth-order valence-electron chi connectivity index (χ4n) is 2.22. The van der Waals surface area contributed by atoms with Crippen LogP contribution in [-0.4, -0.2) is 15.1 Å². The number of fused-ring (bicyclic) bond motifs is 1. The van der Waals surface area contributed by atoms with Crippen LogP contribution in [0.5, 0.6) is 0 Å². The third-order valence-electron chi connectivity index (χ3n) is 3.15. The molecule has 0 spiro atoms. The Balaban J connectivity index is 1.96. The number of rotatable bonds is 3. The highest BCUT2D eigenvalue weighted by atomic mass is 16.3. The molecule has 0 fully saturated rings. The molecule has 1 aromatic carbocycles. The Hall–Kier alpha value is -2.26. The quantitative estimate of drug-likeness (QED) is 0.777. The van der Waals surface area contributed by atoms with Crippen LogP contribution in [0.15, 0.2) is 60.9 Å². The van der Waals surface area contributed by atoms with Gasteiger partial charge >= 0.3 is 0 Å². The molecule has 2 heterocycles. The highest BCUT2D eigenvalue weighted by molar-refractivity contribution is 5.81. The number of aliphatic hydroxyl groups excluding tert-OH is 1. The molecule has 0 aliphatic heterocycles. The molecule has 19 heavy (non-hydrogen) atoms. The maximum absolute atomic E-state index is 10.4. The highest BCUT2D eigenvalue weighted by Gasteiger charge is 2.13. The van der Waals surface area contributed by atoms with Gasteiger partial charge in [-0.25, -0.2) is 0 Å². The number of hydrogen-bond donors (Lipinski definition) is 1. The van der Waals surface area contributed by atoms with Gasteiger partial charge < -0.3 is 5.11 Å². The van der Waals surface area contributed by atoms with Gasteiger partial charge in [-0.1, -0.05) is 30.3 Å². The Labute approximate surface area is 111 Å². The lowest BCUT2D eigenvalue weighted by atomic mass is 10.0. The molecule has 1 atom stereocenters. The van der Waals surface area contributed by atoms with E-state index < -0.39 is 6.10 Å². The maximum Gasteiger partial charge on any atom is 0.0866 e. The number of hydrogen-bond acceptors (Lipinski definition) is 3. The minimum Gasteiger partial charge on any atom is -0.388 e. The van der Waals surface area contributed by atoms with Crippen molar-refractivity contribution in [2.24, 2.45) is 0 Å². The molecule has 3 rings (SSSR count). The first kappa shape index (κ1) is 11.8. The fraction of sp³-hybridized carbons (Fsp3) is 0.125. The summed E-state index contributed by atoms with van der Waals surface area (Å²) in [6.07, 6.45) is 3.40. The van der Waals surface area contributed by atoms with E-state index in [9.17, 15) is 5.11 Å². The van der Waals surface area contributed by atoms with Crippen LogP contribution < -0.4 is 0 Å². The lowest BCUT2D eigenvalue weighted by molar-refractivity contribution is 0.178. The molecule has 0 saturated heterocycles. The summed E-state index contributed by atoms with van der Waals surface area (Å²) in [6, 6.07) is 15.5. The fourth-order valence-corrected chi connectivity index (χ4v) is 2.22. The van der Waals surface area contributed by atoms with Gasteiger partial charge in [0.2, 0.25) is 0 Å². The van der Waals surface area contributed by atoms with Gasteiger partial charge in [-0.15, -0.1) is 0 Å². The number of aliphatic hydroxyl groups is 1. The second kappa shape index (κ2) is 5.16. The first-order valence-corrected chi connectivity index (χ1v) is 6.26. The Kier molecular flexibility index (Phi) is 3.21. The molecular formula is C16H14N2O. The van der Waals surface area contributed by atoms with Crippen LogP contribution in [0.25, 0.3) is 10.9 Å². The zero-order valence-electron chi connectivity index (χ0n) is 10.4. The Morgan fingerprint density at radius 3 is 2.58 bits per heavy atom. The SMILES string of the molecule is OC(Cc1ccccn1)c1cccc2cccnc12. The predicted molar refractivity (Wildman–Crippen MR) is 74.6 cm³/mol. The minimum atomic E-state index is -0.589. The van der Waals surface area contributed by atoms with E-state index in [1.807, 2.05) is 48.5 Å². The molecule has 0 radical (unpaired) electrons. The summed E-state index contributed by atoms with van der Waals surface area (Å²) in [4.78, 5) is 8.61. The summed E-state index contributed by atoms with van der Waals surface area (Å²) >= 11 is 0. The molecule has 1 N–H and O–H groups in total. The topological polar surface area (TPSA) is 46.0 Å². The average Bonchev–Trinajstić information content (AvgIpc) is 2.47. The Bertz CT molecular complexity index is 677. The van der Waals surface area contributed by atoms with E-state index in [4.69, 9.17) is 0 Å². The Morgan fingerprint density at radius 1 is 0.895 bits per heavy atom. The van der Waals surface area contributed by atoms with Gasteiger partial charge in [0.25, 0.3) is 0 Å². The summed E-state index contributed by atoms with van der Waals surface area (Å²) in [5, 5.41) is 11.4. The van der Waals surface area contributed by atoms with Crippen molar-refractivity contribution in [2.45, 2.75) is 12.5 Å². The maximum atomic E-state index is 10.4. The van der Waals surface area contributed by atoms with Crippen LogP contribution in [0, 0.1) is 0 Å². The molecule has 0 bridgehead atoms. The molecule has 0 amide bonds. The normalized spacial score (nSPS) is 12.5. The molecule has 0 saturated carbocycles. The standard InChI is InChI=1S/C16H14N2O/c19-15(11-13-7-1-2-9-17-13)14-8-3-5-12-6-4-10-18-16(12)14/h1-10,15,19H,11H2. The van der Waals surface area contributed by atoms with E-state index in [0.717, 1.165) is 22.2 Å². The zero-order valence-corrected chi connectivity index (χ0v) is 10.4. The van der Waals surface area contributed by atoms with Gasteiger partial charge in [-0.3, -0.25) is 9.97 Å². The first-order chi connectivity index (χ1) is 9.34. The lowest BCUT2D eigenvalue weighted by Crippen LogP contribution is -2.04. The van der Waals surface area contributed by atoms with Crippen LogP contribution in [0.4, 0.5) is 0 Å². The molecule has 1 unspecified atom stereocenters. The van der Waals surface area contributed by atoms with E-state index in [0.29, 0.717) is 6.42 Å². The smallest absolute Gasteiger partial charge is 0.0866 e. The van der Waals surface area contributed by atoms with E-state index >= 15 is 0 Å². The van der Waals surface area contributed by atoms with Crippen LogP contribution >= 0.6 is 0 Å². The second-order valence-electron chi connectivity index (χ2n) is 4.46. The molecule has 3 heteroatoms. The summed E-state index contributed by atoms with van der Waals surface area (Å²) in [6.45, 7) is 0. The van der Waals surface area contributed by atoms with Crippen LogP contribution in [0.1, 0.15) is 17.4 Å². The Morgan fingerprint density at radius 2 is 1.74 bits per heavy atom. The lowest BCUT2D eigenvalue weighted by Gasteiger charge is -2.12. The number of pyridine rings is 2. The van der Waals surface area contributed by atoms with E-state index in [-0.39, 0.29) is 0 Å². The van der Waals surface area contributed by atoms with Gasteiger partial charge in [0.1, 0.15) is 0 Å². The van der Waals surface area contributed by atoms with Crippen LogP contribution in [-0.2, 0) is 6.42 Å². The predicted octanol–water partition coefficient (Wildman–Crippen LogP) is 2.91. The molecule has 3 nitrogen and oxygen atoms in total. The first-order valence-electron chi connectivity index (χ1n) is 6.26. The molecule has 0 aliphatic rings. The van der Waals surface area contributed by atoms with E-state index in [1.54, 1.807) is 12.4 Å². The van der Waals surface area contributed by atoms with Gasteiger partial charge in [0, 0.05) is 35.5 Å². The number of aromatic nitrogens is 2. The molecule has 3 aromatic rings. The van der Waals surface area contributed by atoms with Gasteiger partial charge in [0.15, 0.2) is 0 Å².